The van der Waals surface area contributed by atoms with Crippen LogP contribution in [-0.2, 0) is 6.54 Å². The Morgan fingerprint density at radius 2 is 2.12 bits per heavy atom. The number of rotatable bonds is 2. The van der Waals surface area contributed by atoms with Gasteiger partial charge in [0.05, 0.1) is 17.6 Å². The second kappa shape index (κ2) is 4.13. The summed E-state index contributed by atoms with van der Waals surface area (Å²) >= 11 is 7.12. The summed E-state index contributed by atoms with van der Waals surface area (Å²) in [5.41, 5.74) is 4.95. The summed E-state index contributed by atoms with van der Waals surface area (Å²) in [7, 11) is 0. The Labute approximate surface area is 109 Å². The summed E-state index contributed by atoms with van der Waals surface area (Å²) < 4.78 is 2.94. The third-order valence-electron chi connectivity index (χ3n) is 2.97. The molecule has 0 spiro atoms. The molecule has 0 aliphatic rings. The maximum Gasteiger partial charge on any atom is 0.178 e. The standard InChI is InChI=1S/C13H12N2S2/c1-9-7-17-8-10(9)6-15-12-5-3-2-4-11(12)14-13(15)16/h2-5,7-8H,6H2,1H3,(H,14,16). The number of aryl methyl sites for hydroxylation is 1. The van der Waals surface area contributed by atoms with Gasteiger partial charge in [-0.15, -0.1) is 0 Å². The Hall–Kier alpha value is -1.39. The smallest absolute Gasteiger partial charge is 0.178 e. The average molecular weight is 260 g/mol. The zero-order valence-corrected chi connectivity index (χ0v) is 11.1. The molecule has 0 saturated carbocycles. The second-order valence-corrected chi connectivity index (χ2v) is 5.24. The Balaban J connectivity index is 2.15. The summed E-state index contributed by atoms with van der Waals surface area (Å²) in [6.45, 7) is 2.99. The highest BCUT2D eigenvalue weighted by Gasteiger charge is 2.06. The van der Waals surface area contributed by atoms with Crippen LogP contribution in [0.5, 0.6) is 0 Å². The molecule has 1 N–H and O–H groups in total. The molecule has 3 aromatic rings. The van der Waals surface area contributed by atoms with E-state index >= 15 is 0 Å². The zero-order valence-electron chi connectivity index (χ0n) is 9.43. The van der Waals surface area contributed by atoms with Crippen molar-refractivity contribution >= 4 is 34.6 Å². The topological polar surface area (TPSA) is 20.7 Å². The lowest BCUT2D eigenvalue weighted by molar-refractivity contribution is 0.808. The first kappa shape index (κ1) is 10.7. The van der Waals surface area contributed by atoms with Gasteiger partial charge in [-0.25, -0.2) is 0 Å². The number of H-pyrrole nitrogens is 1. The molecule has 2 aromatic heterocycles. The Kier molecular flexibility index (Phi) is 2.61. The molecule has 2 heterocycles. The molecule has 86 valence electrons. The van der Waals surface area contributed by atoms with E-state index in [0.717, 1.165) is 16.8 Å². The molecule has 1 aromatic carbocycles. The van der Waals surface area contributed by atoms with Crippen molar-refractivity contribution in [1.29, 1.82) is 0 Å². The van der Waals surface area contributed by atoms with Crippen LogP contribution >= 0.6 is 23.6 Å². The van der Waals surface area contributed by atoms with Crippen LogP contribution < -0.4 is 0 Å². The van der Waals surface area contributed by atoms with Crippen LogP contribution in [0.2, 0.25) is 0 Å². The SMILES string of the molecule is Cc1cscc1Cn1c(=S)[nH]c2ccccc21. The van der Waals surface area contributed by atoms with Crippen LogP contribution in [0.4, 0.5) is 0 Å². The minimum atomic E-state index is 0.789. The van der Waals surface area contributed by atoms with E-state index in [1.165, 1.54) is 16.6 Å². The minimum Gasteiger partial charge on any atom is -0.331 e. The summed E-state index contributed by atoms with van der Waals surface area (Å²) in [5.74, 6) is 0. The van der Waals surface area contributed by atoms with Crippen molar-refractivity contribution in [3.05, 3.63) is 50.9 Å². The Morgan fingerprint density at radius 3 is 2.88 bits per heavy atom. The van der Waals surface area contributed by atoms with Crippen LogP contribution in [0, 0.1) is 11.7 Å². The summed E-state index contributed by atoms with van der Waals surface area (Å²) in [5, 5.41) is 4.37. The van der Waals surface area contributed by atoms with E-state index in [9.17, 15) is 0 Å². The molecule has 17 heavy (non-hydrogen) atoms. The van der Waals surface area contributed by atoms with Crippen molar-refractivity contribution in [3.8, 4) is 0 Å². The first-order valence-electron chi connectivity index (χ1n) is 5.45. The molecule has 2 nitrogen and oxygen atoms in total. The molecule has 4 heteroatoms. The monoisotopic (exact) mass is 260 g/mol. The predicted molar refractivity (Wildman–Crippen MR) is 75.3 cm³/mol. The number of benzene rings is 1. The number of hydrogen-bond donors (Lipinski definition) is 1. The highest BCUT2D eigenvalue weighted by Crippen LogP contribution is 2.19. The number of imidazole rings is 1. The Bertz CT molecular complexity index is 718. The van der Waals surface area contributed by atoms with Gasteiger partial charge in [-0.3, -0.25) is 0 Å². The summed E-state index contributed by atoms with van der Waals surface area (Å²) in [4.78, 5) is 3.24. The van der Waals surface area contributed by atoms with Crippen molar-refractivity contribution in [3.63, 3.8) is 0 Å². The number of para-hydroxylation sites is 2. The van der Waals surface area contributed by atoms with Crippen molar-refractivity contribution in [1.82, 2.24) is 9.55 Å². The van der Waals surface area contributed by atoms with Crippen LogP contribution in [0.3, 0.4) is 0 Å². The third kappa shape index (κ3) is 1.83. The highest BCUT2D eigenvalue weighted by molar-refractivity contribution is 7.71. The Morgan fingerprint density at radius 1 is 1.29 bits per heavy atom. The van der Waals surface area contributed by atoms with Crippen molar-refractivity contribution in [2.24, 2.45) is 0 Å². The molecular weight excluding hydrogens is 248 g/mol. The third-order valence-corrected chi connectivity index (χ3v) is 4.20. The first-order chi connectivity index (χ1) is 8.25. The number of hydrogen-bond acceptors (Lipinski definition) is 2. The molecule has 0 saturated heterocycles. The molecule has 0 atom stereocenters. The van der Waals surface area contributed by atoms with Gasteiger partial charge in [0.1, 0.15) is 0 Å². The molecule has 0 bridgehead atoms. The summed E-state index contributed by atoms with van der Waals surface area (Å²) in [6.07, 6.45) is 0. The first-order valence-corrected chi connectivity index (χ1v) is 6.80. The van der Waals surface area contributed by atoms with Crippen LogP contribution in [-0.4, -0.2) is 9.55 Å². The largest absolute Gasteiger partial charge is 0.331 e. The molecule has 0 unspecified atom stereocenters. The quantitative estimate of drug-likeness (QED) is 0.687. The fraction of sp³-hybridized carbons (Fsp3) is 0.154. The lowest BCUT2D eigenvalue weighted by Gasteiger charge is -2.03. The van der Waals surface area contributed by atoms with E-state index in [-0.39, 0.29) is 0 Å². The van der Waals surface area contributed by atoms with Crippen molar-refractivity contribution < 1.29 is 0 Å². The van der Waals surface area contributed by atoms with Gasteiger partial charge < -0.3 is 9.55 Å². The maximum atomic E-state index is 5.38. The molecule has 3 rings (SSSR count). The maximum absolute atomic E-state index is 5.38. The van der Waals surface area contributed by atoms with Crippen LogP contribution in [0.15, 0.2) is 35.0 Å². The van der Waals surface area contributed by atoms with Gasteiger partial charge in [0.25, 0.3) is 0 Å². The van der Waals surface area contributed by atoms with E-state index in [2.05, 4.69) is 39.4 Å². The van der Waals surface area contributed by atoms with Crippen LogP contribution in [0.1, 0.15) is 11.1 Å². The normalized spacial score (nSPS) is 11.1. The highest BCUT2D eigenvalue weighted by atomic mass is 32.1. The summed E-state index contributed by atoms with van der Waals surface area (Å²) in [6, 6.07) is 8.22. The van der Waals surface area contributed by atoms with Gasteiger partial charge in [0.2, 0.25) is 0 Å². The second-order valence-electron chi connectivity index (χ2n) is 4.11. The van der Waals surface area contributed by atoms with E-state index < -0.39 is 0 Å². The van der Waals surface area contributed by atoms with E-state index in [0.29, 0.717) is 0 Å². The van der Waals surface area contributed by atoms with E-state index in [4.69, 9.17) is 12.2 Å². The number of nitrogens with one attached hydrogen (secondary N) is 1. The molecule has 0 radical (unpaired) electrons. The lowest BCUT2D eigenvalue weighted by atomic mass is 10.2. The predicted octanol–water partition coefficient (Wildman–Crippen LogP) is 4.12. The van der Waals surface area contributed by atoms with Gasteiger partial charge in [0, 0.05) is 0 Å². The van der Waals surface area contributed by atoms with Crippen LogP contribution in [0.25, 0.3) is 11.0 Å². The average Bonchev–Trinajstić information content (AvgIpc) is 2.85. The fourth-order valence-corrected chi connectivity index (χ4v) is 3.10. The van der Waals surface area contributed by atoms with Gasteiger partial charge in [-0.1, -0.05) is 12.1 Å². The molecule has 0 amide bonds. The van der Waals surface area contributed by atoms with Crippen molar-refractivity contribution in [2.45, 2.75) is 13.5 Å². The molecule has 0 aliphatic carbocycles. The lowest BCUT2D eigenvalue weighted by Crippen LogP contribution is -1.99. The molecule has 0 fully saturated rings. The minimum absolute atomic E-state index is 0.789. The van der Waals surface area contributed by atoms with Gasteiger partial charge in [0.15, 0.2) is 4.77 Å². The van der Waals surface area contributed by atoms with Crippen molar-refractivity contribution in [2.75, 3.05) is 0 Å². The molecule has 0 aliphatic heterocycles. The van der Waals surface area contributed by atoms with E-state index in [1.54, 1.807) is 11.3 Å². The van der Waals surface area contributed by atoms with E-state index in [1.807, 2.05) is 12.1 Å². The number of thiophene rings is 1. The molecular formula is C13H12N2S2. The van der Waals surface area contributed by atoms with Gasteiger partial charge >= 0.3 is 0 Å². The fourth-order valence-electron chi connectivity index (χ4n) is 1.98. The number of fused-ring (bicyclic) bond motifs is 1. The van der Waals surface area contributed by atoms with Gasteiger partial charge in [-0.2, -0.15) is 11.3 Å². The zero-order chi connectivity index (χ0) is 11.8. The number of aromatic amines is 1. The number of aromatic nitrogens is 2. The van der Waals surface area contributed by atoms with Gasteiger partial charge in [-0.05, 0) is 53.2 Å². The number of nitrogens with zero attached hydrogens (tertiary/aromatic N) is 1.